The maximum atomic E-state index is 10.9. The molecule has 1 atom stereocenters. The Morgan fingerprint density at radius 2 is 2.44 bits per heavy atom. The van der Waals surface area contributed by atoms with E-state index < -0.39 is 0 Å². The second kappa shape index (κ2) is 2.38. The van der Waals surface area contributed by atoms with Crippen molar-refractivity contribution in [2.24, 2.45) is 0 Å². The summed E-state index contributed by atoms with van der Waals surface area (Å²) in [6.45, 7) is 6.63. The van der Waals surface area contributed by atoms with E-state index in [1.54, 1.807) is 0 Å². The number of carbonyl (C=O) groups excluding carboxylic acids is 1. The summed E-state index contributed by atoms with van der Waals surface area (Å²) in [5.74, 6) is 0.262. The normalized spacial score (nSPS) is 22.9. The highest BCUT2D eigenvalue weighted by molar-refractivity contribution is 5.78. The third kappa shape index (κ3) is 1.23. The number of hydrogen-bond acceptors (Lipinski definition) is 1. The van der Waals surface area contributed by atoms with Crippen molar-refractivity contribution < 1.29 is 4.79 Å². The van der Waals surface area contributed by atoms with Gasteiger partial charge in [0.1, 0.15) is 0 Å². The summed E-state index contributed by atoms with van der Waals surface area (Å²) in [5, 5.41) is 0. The van der Waals surface area contributed by atoms with Crippen LogP contribution in [0.5, 0.6) is 0 Å². The van der Waals surface area contributed by atoms with Gasteiger partial charge in [-0.1, -0.05) is 13.0 Å². The summed E-state index contributed by atoms with van der Waals surface area (Å²) in [5.41, 5.74) is 0. The van der Waals surface area contributed by atoms with Crippen molar-refractivity contribution in [3.63, 3.8) is 0 Å². The summed E-state index contributed by atoms with van der Waals surface area (Å²) in [7, 11) is 0. The second-order valence-corrected chi connectivity index (χ2v) is 2.54. The van der Waals surface area contributed by atoms with Gasteiger partial charge in [-0.3, -0.25) is 4.79 Å². The van der Waals surface area contributed by atoms with E-state index in [0.717, 1.165) is 19.4 Å². The summed E-state index contributed by atoms with van der Waals surface area (Å²) >= 11 is 0. The van der Waals surface area contributed by atoms with Crippen LogP contribution in [0.3, 0.4) is 0 Å². The minimum Gasteiger partial charge on any atom is -0.370 e. The number of amides is 1. The monoisotopic (exact) mass is 126 g/mol. The second-order valence-electron chi connectivity index (χ2n) is 2.54. The molecule has 1 aliphatic rings. The van der Waals surface area contributed by atoms with Crippen LogP contribution in [-0.4, -0.2) is 23.4 Å². The van der Waals surface area contributed by atoms with Gasteiger partial charge in [0.25, 0.3) is 0 Å². The molecule has 1 aliphatic heterocycles. The zero-order valence-electron chi connectivity index (χ0n) is 5.76. The maximum Gasteiger partial charge on any atom is 0.220 e. The van der Waals surface area contributed by atoms with Crippen LogP contribution in [0.25, 0.3) is 0 Å². The zero-order valence-corrected chi connectivity index (χ0v) is 5.76. The number of carbonyl (C=O) groups is 1. The lowest BCUT2D eigenvalue weighted by molar-refractivity contribution is -0.128. The molecule has 1 saturated heterocycles. The maximum absolute atomic E-state index is 10.9. The van der Waals surface area contributed by atoms with E-state index in [9.17, 15) is 4.79 Å². The molecular formula is C7H12NO-. The zero-order chi connectivity index (χ0) is 6.85. The lowest BCUT2D eigenvalue weighted by atomic mass is 10.3. The molecule has 9 heavy (non-hydrogen) atoms. The van der Waals surface area contributed by atoms with E-state index in [0.29, 0.717) is 0 Å². The summed E-state index contributed by atoms with van der Waals surface area (Å²) < 4.78 is 0. The lowest BCUT2D eigenvalue weighted by Gasteiger charge is -2.25. The molecule has 2 nitrogen and oxygen atoms in total. The first kappa shape index (κ1) is 6.59. The summed E-state index contributed by atoms with van der Waals surface area (Å²) in [6.07, 6.45) is 1.73. The third-order valence-electron chi connectivity index (χ3n) is 1.64. The van der Waals surface area contributed by atoms with Crippen LogP contribution in [0.4, 0.5) is 0 Å². The molecule has 0 saturated carbocycles. The van der Waals surface area contributed by atoms with E-state index in [4.69, 9.17) is 0 Å². The van der Waals surface area contributed by atoms with Crippen LogP contribution in [0.2, 0.25) is 0 Å². The molecule has 1 unspecified atom stereocenters. The van der Waals surface area contributed by atoms with Crippen molar-refractivity contribution in [2.45, 2.75) is 25.8 Å². The minimum absolute atomic E-state index is 0.153. The Bertz CT molecular complexity index is 120. The van der Waals surface area contributed by atoms with Crippen molar-refractivity contribution in [3.8, 4) is 0 Å². The van der Waals surface area contributed by atoms with Gasteiger partial charge in [0, 0.05) is 13.0 Å². The van der Waals surface area contributed by atoms with Gasteiger partial charge < -0.3 is 11.8 Å². The van der Waals surface area contributed by atoms with Gasteiger partial charge in [0.05, 0.1) is 0 Å². The molecule has 0 radical (unpaired) electrons. The molecule has 1 rings (SSSR count). The number of likely N-dealkylation sites (tertiary alicyclic amines) is 1. The van der Waals surface area contributed by atoms with Crippen molar-refractivity contribution in [1.29, 1.82) is 0 Å². The summed E-state index contributed by atoms with van der Waals surface area (Å²) in [4.78, 5) is 12.7. The van der Waals surface area contributed by atoms with Gasteiger partial charge in [-0.05, 0) is 6.42 Å². The van der Waals surface area contributed by atoms with Crippen LogP contribution < -0.4 is 0 Å². The fourth-order valence-electron chi connectivity index (χ4n) is 1.14. The Labute approximate surface area is 55.8 Å². The molecule has 0 N–H and O–H groups in total. The molecule has 0 aromatic rings. The van der Waals surface area contributed by atoms with Gasteiger partial charge >= 0.3 is 0 Å². The standard InChI is InChI=1S/C7H12NO/c1-6(2)8-5-3-4-7(8)9/h6H,1,3-5H2,2H3/q-1. The first-order valence-electron chi connectivity index (χ1n) is 3.34. The van der Waals surface area contributed by atoms with Crippen LogP contribution >= 0.6 is 0 Å². The molecule has 52 valence electrons. The fourth-order valence-corrected chi connectivity index (χ4v) is 1.14. The Kier molecular flexibility index (Phi) is 1.74. The molecular weight excluding hydrogens is 114 g/mol. The van der Waals surface area contributed by atoms with Crippen molar-refractivity contribution in [3.05, 3.63) is 6.92 Å². The average molecular weight is 126 g/mol. The van der Waals surface area contributed by atoms with Gasteiger partial charge in [-0.2, -0.15) is 0 Å². The SMILES string of the molecule is [CH2-]C(C)N1CCCC1=O. The Morgan fingerprint density at radius 3 is 2.67 bits per heavy atom. The number of hydrogen-bond donors (Lipinski definition) is 0. The molecule has 2 heteroatoms. The average Bonchev–Trinajstić information content (AvgIpc) is 2.13. The van der Waals surface area contributed by atoms with Crippen molar-refractivity contribution >= 4 is 5.91 Å². The first-order valence-corrected chi connectivity index (χ1v) is 3.34. The Hall–Kier alpha value is -0.530. The van der Waals surface area contributed by atoms with Crippen molar-refractivity contribution in [2.75, 3.05) is 6.54 Å². The predicted molar refractivity (Wildman–Crippen MR) is 35.8 cm³/mol. The third-order valence-corrected chi connectivity index (χ3v) is 1.64. The first-order chi connectivity index (χ1) is 4.22. The van der Waals surface area contributed by atoms with E-state index in [1.165, 1.54) is 0 Å². The molecule has 0 aliphatic carbocycles. The van der Waals surface area contributed by atoms with Gasteiger partial charge in [-0.25, -0.2) is 0 Å². The van der Waals surface area contributed by atoms with Crippen molar-refractivity contribution in [1.82, 2.24) is 4.90 Å². The number of nitrogens with zero attached hydrogens (tertiary/aromatic N) is 1. The van der Waals surface area contributed by atoms with Crippen LogP contribution in [0.1, 0.15) is 19.8 Å². The van der Waals surface area contributed by atoms with Gasteiger partial charge in [0.15, 0.2) is 0 Å². The van der Waals surface area contributed by atoms with E-state index >= 15 is 0 Å². The highest BCUT2D eigenvalue weighted by Gasteiger charge is 2.18. The molecule has 1 fully saturated rings. The Balaban J connectivity index is 2.49. The van der Waals surface area contributed by atoms with Crippen LogP contribution in [-0.2, 0) is 4.79 Å². The highest BCUT2D eigenvalue weighted by atomic mass is 16.2. The molecule has 1 heterocycles. The quantitative estimate of drug-likeness (QED) is 0.476. The fraction of sp³-hybridized carbons (Fsp3) is 0.714. The van der Waals surface area contributed by atoms with E-state index in [-0.39, 0.29) is 11.9 Å². The number of rotatable bonds is 1. The van der Waals surface area contributed by atoms with Gasteiger partial charge in [0.2, 0.25) is 5.91 Å². The Morgan fingerprint density at radius 1 is 1.78 bits per heavy atom. The minimum atomic E-state index is 0.153. The molecule has 0 bridgehead atoms. The molecule has 0 aromatic heterocycles. The molecule has 0 spiro atoms. The largest absolute Gasteiger partial charge is 0.370 e. The van der Waals surface area contributed by atoms with Crippen LogP contribution in [0, 0.1) is 6.92 Å². The highest BCUT2D eigenvalue weighted by Crippen LogP contribution is 2.11. The molecule has 0 aromatic carbocycles. The lowest BCUT2D eigenvalue weighted by Crippen LogP contribution is -2.31. The van der Waals surface area contributed by atoms with E-state index in [2.05, 4.69) is 6.92 Å². The van der Waals surface area contributed by atoms with Crippen LogP contribution in [0.15, 0.2) is 0 Å². The van der Waals surface area contributed by atoms with Gasteiger partial charge in [-0.15, -0.1) is 0 Å². The topological polar surface area (TPSA) is 20.3 Å². The predicted octanol–water partition coefficient (Wildman–Crippen LogP) is 0.831. The molecule has 1 amide bonds. The summed E-state index contributed by atoms with van der Waals surface area (Å²) in [6, 6.07) is 0.153. The smallest absolute Gasteiger partial charge is 0.220 e. The van der Waals surface area contributed by atoms with E-state index in [1.807, 2.05) is 11.8 Å².